The van der Waals surface area contributed by atoms with Crippen LogP contribution in [0.3, 0.4) is 0 Å². The number of aryl methyl sites for hydroxylation is 1. The molecule has 10 nitrogen and oxygen atoms in total. The fourth-order valence-corrected chi connectivity index (χ4v) is 5.63. The fraction of sp³-hybridized carbons (Fsp3) is 0.290. The highest BCUT2D eigenvalue weighted by molar-refractivity contribution is 7.17. The van der Waals surface area contributed by atoms with Gasteiger partial charge in [-0.05, 0) is 49.2 Å². The molecule has 2 aromatic carbocycles. The van der Waals surface area contributed by atoms with Gasteiger partial charge in [0.25, 0.3) is 5.78 Å². The topological polar surface area (TPSA) is 124 Å². The van der Waals surface area contributed by atoms with Crippen LogP contribution in [0.25, 0.3) is 5.76 Å². The van der Waals surface area contributed by atoms with Gasteiger partial charge in [-0.3, -0.25) is 14.5 Å². The first kappa shape index (κ1) is 28.9. The highest BCUT2D eigenvalue weighted by Gasteiger charge is 2.48. The third-order valence-corrected chi connectivity index (χ3v) is 7.87. The van der Waals surface area contributed by atoms with Gasteiger partial charge in [0, 0.05) is 5.56 Å². The number of thiazole rings is 1. The number of amides is 1. The summed E-state index contributed by atoms with van der Waals surface area (Å²) in [6, 6.07) is 10.7. The summed E-state index contributed by atoms with van der Waals surface area (Å²) in [5.41, 5.74) is 1.04. The molecule has 1 saturated heterocycles. The summed E-state index contributed by atoms with van der Waals surface area (Å²) in [4.78, 5) is 45.6. The van der Waals surface area contributed by atoms with Crippen molar-refractivity contribution in [3.8, 4) is 17.2 Å². The number of aliphatic hydroxyl groups is 1. The highest BCUT2D eigenvalue weighted by Crippen LogP contribution is 2.45. The first-order valence-corrected chi connectivity index (χ1v) is 14.3. The van der Waals surface area contributed by atoms with Gasteiger partial charge in [0.15, 0.2) is 16.6 Å². The van der Waals surface area contributed by atoms with E-state index in [0.717, 1.165) is 24.2 Å². The van der Waals surface area contributed by atoms with E-state index in [1.807, 2.05) is 0 Å². The van der Waals surface area contributed by atoms with E-state index in [0.29, 0.717) is 48.3 Å². The molecule has 0 aliphatic carbocycles. The Morgan fingerprint density at radius 3 is 2.62 bits per heavy atom. The van der Waals surface area contributed by atoms with Crippen molar-refractivity contribution in [1.82, 2.24) is 4.98 Å². The van der Waals surface area contributed by atoms with Gasteiger partial charge in [-0.1, -0.05) is 49.5 Å². The van der Waals surface area contributed by atoms with Gasteiger partial charge >= 0.3 is 11.9 Å². The first-order chi connectivity index (χ1) is 20.3. The Balaban J connectivity index is 1.60. The lowest BCUT2D eigenvalue weighted by Crippen LogP contribution is -2.29. The number of hydrogen-bond acceptors (Lipinski definition) is 10. The lowest BCUT2D eigenvalue weighted by molar-refractivity contribution is -0.132. The number of aliphatic hydroxyl groups excluding tert-OH is 1. The van der Waals surface area contributed by atoms with Gasteiger partial charge in [0.05, 0.1) is 23.9 Å². The Labute approximate surface area is 246 Å². The van der Waals surface area contributed by atoms with Crippen LogP contribution in [0, 0.1) is 6.92 Å². The Morgan fingerprint density at radius 1 is 1.17 bits per heavy atom. The van der Waals surface area contributed by atoms with Crippen LogP contribution in [0.5, 0.6) is 17.2 Å². The molecule has 11 heteroatoms. The molecule has 1 N–H and O–H groups in total. The molecule has 2 aliphatic heterocycles. The second-order valence-electron chi connectivity index (χ2n) is 9.60. The van der Waals surface area contributed by atoms with E-state index in [4.69, 9.17) is 18.9 Å². The minimum absolute atomic E-state index is 0.0121. The zero-order valence-corrected chi connectivity index (χ0v) is 24.1. The second kappa shape index (κ2) is 12.5. The van der Waals surface area contributed by atoms with Crippen molar-refractivity contribution in [3.05, 3.63) is 82.4 Å². The maximum atomic E-state index is 13.6. The number of carbonyl (C=O) groups excluding carboxylic acids is 3. The van der Waals surface area contributed by atoms with Crippen molar-refractivity contribution in [2.75, 3.05) is 31.3 Å². The number of unbranched alkanes of at least 4 members (excludes halogenated alkanes) is 1. The summed E-state index contributed by atoms with van der Waals surface area (Å²) in [6.45, 7) is 8.55. The summed E-state index contributed by atoms with van der Waals surface area (Å²) in [5, 5.41) is 11.6. The Kier molecular flexibility index (Phi) is 8.58. The molecule has 0 saturated carbocycles. The molecule has 42 heavy (non-hydrogen) atoms. The summed E-state index contributed by atoms with van der Waals surface area (Å²) in [5.74, 6) is -1.20. The Hall–Kier alpha value is -4.64. The number of aromatic nitrogens is 1. The maximum Gasteiger partial charge on any atom is 0.350 e. The number of fused-ring (bicyclic) bond motifs is 1. The number of nitrogens with zero attached hydrogens (tertiary/aromatic N) is 2. The largest absolute Gasteiger partial charge is 0.507 e. The summed E-state index contributed by atoms with van der Waals surface area (Å²) in [6.07, 6.45) is 3.34. The quantitative estimate of drug-likeness (QED) is 0.0829. The molecule has 1 amide bonds. The van der Waals surface area contributed by atoms with Gasteiger partial charge in [-0.25, -0.2) is 9.78 Å². The zero-order valence-electron chi connectivity index (χ0n) is 23.3. The second-order valence-corrected chi connectivity index (χ2v) is 10.6. The van der Waals surface area contributed by atoms with Gasteiger partial charge in [-0.2, -0.15) is 0 Å². The minimum atomic E-state index is -1.04. The van der Waals surface area contributed by atoms with Crippen LogP contribution < -0.4 is 19.1 Å². The normalized spacial score (nSPS) is 17.3. The molecule has 1 aromatic heterocycles. The predicted molar refractivity (Wildman–Crippen MR) is 156 cm³/mol. The average molecular weight is 591 g/mol. The van der Waals surface area contributed by atoms with E-state index in [-0.39, 0.29) is 33.5 Å². The van der Waals surface area contributed by atoms with Crippen LogP contribution in [0.15, 0.2) is 60.7 Å². The Morgan fingerprint density at radius 2 is 1.90 bits per heavy atom. The van der Waals surface area contributed by atoms with Crippen molar-refractivity contribution < 1.29 is 38.4 Å². The number of carbonyl (C=O) groups is 3. The number of ether oxygens (including phenoxy) is 4. The molecule has 0 spiro atoms. The number of Topliss-reactive ketones (excluding diaryl/α,β-unsaturated/α-hetero) is 1. The molecule has 3 aromatic rings. The van der Waals surface area contributed by atoms with Crippen LogP contribution in [0.2, 0.25) is 0 Å². The number of rotatable bonds is 10. The smallest absolute Gasteiger partial charge is 0.350 e. The first-order valence-electron chi connectivity index (χ1n) is 13.5. The number of anilines is 1. The van der Waals surface area contributed by atoms with E-state index in [9.17, 15) is 19.5 Å². The number of benzene rings is 2. The van der Waals surface area contributed by atoms with Crippen LogP contribution in [0.1, 0.15) is 52.3 Å². The molecular weight excluding hydrogens is 560 g/mol. The van der Waals surface area contributed by atoms with Crippen LogP contribution >= 0.6 is 11.3 Å². The molecule has 1 atom stereocenters. The SMILES string of the molecule is C=CCOC(=O)c1sc(N2C(=O)C(=O)C(=C(O)c3ccc4c(c3)OCCO4)C2c2ccc(OCCCC)cc2)nc1C. The van der Waals surface area contributed by atoms with Crippen LogP contribution in [0.4, 0.5) is 5.13 Å². The third kappa shape index (κ3) is 5.60. The molecule has 1 unspecified atom stereocenters. The van der Waals surface area contributed by atoms with Crippen molar-refractivity contribution in [2.24, 2.45) is 0 Å². The average Bonchev–Trinajstić information content (AvgIpc) is 3.51. The van der Waals surface area contributed by atoms with E-state index in [1.54, 1.807) is 49.4 Å². The number of esters is 1. The molecule has 1 fully saturated rings. The van der Waals surface area contributed by atoms with Crippen LogP contribution in [-0.2, 0) is 14.3 Å². The number of ketones is 1. The summed E-state index contributed by atoms with van der Waals surface area (Å²) in [7, 11) is 0. The van der Waals surface area contributed by atoms with Crippen molar-refractivity contribution in [1.29, 1.82) is 0 Å². The zero-order chi connectivity index (χ0) is 29.8. The van der Waals surface area contributed by atoms with E-state index in [2.05, 4.69) is 18.5 Å². The predicted octanol–water partition coefficient (Wildman–Crippen LogP) is 5.37. The van der Waals surface area contributed by atoms with Gasteiger partial charge in [0.1, 0.15) is 36.2 Å². The van der Waals surface area contributed by atoms with Gasteiger partial charge < -0.3 is 24.1 Å². The van der Waals surface area contributed by atoms with E-state index >= 15 is 0 Å². The number of hydrogen-bond donors (Lipinski definition) is 1. The minimum Gasteiger partial charge on any atom is -0.507 e. The fourth-order valence-electron chi connectivity index (χ4n) is 4.65. The summed E-state index contributed by atoms with van der Waals surface area (Å²) >= 11 is 0.932. The molecule has 3 heterocycles. The van der Waals surface area contributed by atoms with Crippen molar-refractivity contribution in [3.63, 3.8) is 0 Å². The van der Waals surface area contributed by atoms with E-state index < -0.39 is 23.7 Å². The van der Waals surface area contributed by atoms with Crippen LogP contribution in [-0.4, -0.2) is 54.2 Å². The van der Waals surface area contributed by atoms with E-state index in [1.165, 1.54) is 11.0 Å². The lowest BCUT2D eigenvalue weighted by atomic mass is 9.95. The highest BCUT2D eigenvalue weighted by atomic mass is 32.1. The van der Waals surface area contributed by atoms with Gasteiger partial charge in [0.2, 0.25) is 0 Å². The Bertz CT molecular complexity index is 1560. The maximum absolute atomic E-state index is 13.6. The standard InChI is InChI=1S/C31H30N2O8S/c1-4-6-14-38-21-10-7-19(8-11-21)25-24(26(34)20-9-12-22-23(17-20)40-16-15-39-22)27(35)29(36)33(25)31-32-18(3)28(42-31)30(37)41-13-5-2/h5,7-12,17,25,34H,2,4,6,13-16H2,1,3H3. The summed E-state index contributed by atoms with van der Waals surface area (Å²) < 4.78 is 22.2. The third-order valence-electron chi connectivity index (χ3n) is 6.73. The molecule has 0 bridgehead atoms. The molecule has 2 aliphatic rings. The van der Waals surface area contributed by atoms with Crippen molar-refractivity contribution in [2.45, 2.75) is 32.7 Å². The monoisotopic (exact) mass is 590 g/mol. The molecule has 218 valence electrons. The molecule has 5 rings (SSSR count). The van der Waals surface area contributed by atoms with Crippen molar-refractivity contribution >= 4 is 39.9 Å². The molecular formula is C31H30N2O8S. The lowest BCUT2D eigenvalue weighted by Gasteiger charge is -2.23. The molecule has 0 radical (unpaired) electrons. The van der Waals surface area contributed by atoms with Gasteiger partial charge in [-0.15, -0.1) is 0 Å².